The molecule has 5 N–H and O–H groups in total. The van der Waals surface area contributed by atoms with Gasteiger partial charge in [0.05, 0.1) is 18.3 Å². The molecule has 0 bridgehead atoms. The van der Waals surface area contributed by atoms with E-state index in [2.05, 4.69) is 32.2 Å². The van der Waals surface area contributed by atoms with E-state index in [-0.39, 0.29) is 0 Å². The second-order valence-corrected chi connectivity index (χ2v) is 7.28. The summed E-state index contributed by atoms with van der Waals surface area (Å²) in [5.41, 5.74) is 13.2. The second-order valence-electron chi connectivity index (χ2n) is 6.36. The molecule has 1 aromatic rings. The van der Waals surface area contributed by atoms with Crippen LogP contribution in [0.1, 0.15) is 12.8 Å². The van der Waals surface area contributed by atoms with Crippen LogP contribution >= 0.6 is 15.9 Å². The summed E-state index contributed by atoms with van der Waals surface area (Å²) in [7, 11) is 3.54. The third kappa shape index (κ3) is 6.46. The molecule has 6 nitrogen and oxygen atoms in total. The predicted octanol–water partition coefficient (Wildman–Crippen LogP) is 2.67. The van der Waals surface area contributed by atoms with Gasteiger partial charge in [-0.15, -0.1) is 0 Å². The molecule has 1 aromatic carbocycles. The van der Waals surface area contributed by atoms with Crippen LogP contribution in [0.3, 0.4) is 0 Å². The molecule has 1 aliphatic rings. The van der Waals surface area contributed by atoms with E-state index in [0.717, 1.165) is 38.2 Å². The molecule has 1 aliphatic heterocycles. The number of hydrogen-bond donors (Lipinski definition) is 3. The van der Waals surface area contributed by atoms with Gasteiger partial charge in [0.2, 0.25) is 0 Å². The number of nitrogens with one attached hydrogen (secondary N) is 1. The third-order valence-corrected chi connectivity index (χ3v) is 4.60. The topological polar surface area (TPSA) is 85.8 Å². The van der Waals surface area contributed by atoms with Gasteiger partial charge in [0, 0.05) is 37.6 Å². The van der Waals surface area contributed by atoms with Crippen molar-refractivity contribution < 1.29 is 9.47 Å². The highest BCUT2D eigenvalue weighted by molar-refractivity contribution is 9.11. The summed E-state index contributed by atoms with van der Waals surface area (Å²) in [6.45, 7) is 3.82. The van der Waals surface area contributed by atoms with Gasteiger partial charge >= 0.3 is 0 Å². The lowest BCUT2D eigenvalue weighted by molar-refractivity contribution is 0.252. The number of halogens is 1. The lowest BCUT2D eigenvalue weighted by Gasteiger charge is -2.16. The summed E-state index contributed by atoms with van der Waals surface area (Å²) in [6.07, 6.45) is 6.27. The van der Waals surface area contributed by atoms with E-state index in [4.69, 9.17) is 20.9 Å². The number of likely N-dealkylation sites (N-methyl/N-ethyl adjacent to an activating group) is 1. The number of nitrogens with two attached hydrogens (primary N) is 2. The molecular formula is C19H29BrN4O2. The molecule has 1 fully saturated rings. The molecule has 2 rings (SSSR count). The highest BCUT2D eigenvalue weighted by Gasteiger charge is 2.20. The van der Waals surface area contributed by atoms with Crippen molar-refractivity contribution in [2.75, 3.05) is 46.1 Å². The quantitative estimate of drug-likeness (QED) is 0.244. The molecule has 1 heterocycles. The van der Waals surface area contributed by atoms with E-state index in [0.29, 0.717) is 34.3 Å². The van der Waals surface area contributed by atoms with E-state index >= 15 is 0 Å². The number of nitrogen functional groups attached to an aromatic ring is 1. The van der Waals surface area contributed by atoms with Gasteiger partial charge in [0.1, 0.15) is 0 Å². The number of ether oxygens (including phenoxy) is 2. The number of allylic oxidation sites excluding steroid dienone is 1. The van der Waals surface area contributed by atoms with Crippen LogP contribution in [0.5, 0.6) is 11.5 Å². The van der Waals surface area contributed by atoms with Crippen molar-refractivity contribution in [3.05, 3.63) is 40.7 Å². The minimum absolute atomic E-state index is 0.537. The monoisotopic (exact) mass is 424 g/mol. The van der Waals surface area contributed by atoms with Crippen LogP contribution in [-0.2, 0) is 0 Å². The number of anilines is 1. The van der Waals surface area contributed by atoms with Crippen molar-refractivity contribution in [2.24, 2.45) is 11.7 Å². The van der Waals surface area contributed by atoms with Crippen molar-refractivity contribution in [3.63, 3.8) is 0 Å². The Morgan fingerprint density at radius 2 is 2.23 bits per heavy atom. The first-order valence-corrected chi connectivity index (χ1v) is 9.62. The fourth-order valence-corrected chi connectivity index (χ4v) is 3.33. The van der Waals surface area contributed by atoms with Gasteiger partial charge in [-0.25, -0.2) is 0 Å². The first-order chi connectivity index (χ1) is 12.5. The normalized spacial score (nSPS) is 18.8. The summed E-state index contributed by atoms with van der Waals surface area (Å²) < 4.78 is 11.8. The van der Waals surface area contributed by atoms with Gasteiger partial charge in [-0.3, -0.25) is 0 Å². The van der Waals surface area contributed by atoms with Crippen LogP contribution in [0.4, 0.5) is 5.69 Å². The lowest BCUT2D eigenvalue weighted by Crippen LogP contribution is -2.23. The van der Waals surface area contributed by atoms with Gasteiger partial charge in [0.15, 0.2) is 11.5 Å². The summed E-state index contributed by atoms with van der Waals surface area (Å²) in [4.78, 5) is 2.47. The Hall–Kier alpha value is -1.86. The summed E-state index contributed by atoms with van der Waals surface area (Å²) in [5, 5.41) is 3.18. The van der Waals surface area contributed by atoms with E-state index in [1.165, 1.54) is 0 Å². The van der Waals surface area contributed by atoms with Crippen LogP contribution in [0.2, 0.25) is 0 Å². The first-order valence-electron chi connectivity index (χ1n) is 8.82. The van der Waals surface area contributed by atoms with Crippen molar-refractivity contribution in [3.8, 4) is 11.5 Å². The summed E-state index contributed by atoms with van der Waals surface area (Å²) in [5.74, 6) is 1.95. The molecule has 0 spiro atoms. The lowest BCUT2D eigenvalue weighted by atomic mass is 10.1. The number of methoxy groups -OCH3 is 1. The molecule has 1 unspecified atom stereocenters. The molecule has 0 radical (unpaired) electrons. The Labute approximate surface area is 164 Å². The largest absolute Gasteiger partial charge is 0.493 e. The Bertz CT molecular complexity index is 644. The molecule has 7 heteroatoms. The minimum atomic E-state index is 0.537. The van der Waals surface area contributed by atoms with E-state index in [1.807, 2.05) is 19.2 Å². The zero-order valence-corrected chi connectivity index (χ0v) is 17.1. The van der Waals surface area contributed by atoms with Crippen molar-refractivity contribution in [1.82, 2.24) is 10.2 Å². The maximum Gasteiger partial charge on any atom is 0.163 e. The zero-order valence-electron chi connectivity index (χ0n) is 15.5. The van der Waals surface area contributed by atoms with E-state index in [9.17, 15) is 0 Å². The summed E-state index contributed by atoms with van der Waals surface area (Å²) >= 11 is 3.27. The Morgan fingerprint density at radius 3 is 2.92 bits per heavy atom. The molecular weight excluding hydrogens is 396 g/mol. The summed E-state index contributed by atoms with van der Waals surface area (Å²) in [6, 6.07) is 5.44. The van der Waals surface area contributed by atoms with Crippen LogP contribution in [0.25, 0.3) is 0 Å². The minimum Gasteiger partial charge on any atom is -0.493 e. The van der Waals surface area contributed by atoms with Crippen LogP contribution < -0.4 is 26.3 Å². The molecule has 0 amide bonds. The number of nitrogens with zero attached hydrogens (tertiary/aromatic N) is 1. The van der Waals surface area contributed by atoms with Gasteiger partial charge < -0.3 is 31.2 Å². The Kier molecular flexibility index (Phi) is 8.12. The second kappa shape index (κ2) is 10.3. The van der Waals surface area contributed by atoms with Gasteiger partial charge in [-0.2, -0.15) is 0 Å². The average molecular weight is 425 g/mol. The van der Waals surface area contributed by atoms with Crippen molar-refractivity contribution >= 4 is 21.6 Å². The zero-order chi connectivity index (χ0) is 18.9. The van der Waals surface area contributed by atoms with E-state index in [1.54, 1.807) is 19.2 Å². The SMILES string of the molecule is CNC(/C=C(\N)Br)=C/C1CCN(CCCOc2cc(N)ccc2OC)C1. The van der Waals surface area contributed by atoms with Gasteiger partial charge in [0.25, 0.3) is 0 Å². The molecule has 1 atom stereocenters. The van der Waals surface area contributed by atoms with Gasteiger partial charge in [-0.1, -0.05) is 6.08 Å². The molecule has 144 valence electrons. The highest BCUT2D eigenvalue weighted by atomic mass is 79.9. The average Bonchev–Trinajstić information content (AvgIpc) is 3.05. The van der Waals surface area contributed by atoms with Crippen molar-refractivity contribution in [2.45, 2.75) is 12.8 Å². The molecule has 0 saturated carbocycles. The number of likely N-dealkylation sites (tertiary alicyclic amines) is 1. The number of rotatable bonds is 9. The number of benzene rings is 1. The van der Waals surface area contributed by atoms with Crippen molar-refractivity contribution in [1.29, 1.82) is 0 Å². The molecule has 1 saturated heterocycles. The maximum atomic E-state index is 5.84. The fraction of sp³-hybridized carbons (Fsp3) is 0.474. The van der Waals surface area contributed by atoms with Gasteiger partial charge in [-0.05, 0) is 59.4 Å². The predicted molar refractivity (Wildman–Crippen MR) is 110 cm³/mol. The number of hydrogen-bond acceptors (Lipinski definition) is 6. The van der Waals surface area contributed by atoms with E-state index < -0.39 is 0 Å². The molecule has 0 aliphatic carbocycles. The third-order valence-electron chi connectivity index (χ3n) is 4.37. The highest BCUT2D eigenvalue weighted by Crippen LogP contribution is 2.29. The Morgan fingerprint density at radius 1 is 1.42 bits per heavy atom. The van der Waals surface area contributed by atoms with Crippen LogP contribution in [-0.4, -0.2) is 45.3 Å². The molecule has 26 heavy (non-hydrogen) atoms. The smallest absolute Gasteiger partial charge is 0.163 e. The maximum absolute atomic E-state index is 5.84. The fourth-order valence-electron chi connectivity index (χ4n) is 3.08. The first kappa shape index (κ1) is 20.5. The van der Waals surface area contributed by atoms with Crippen LogP contribution in [0.15, 0.2) is 40.7 Å². The molecule has 0 aromatic heterocycles. The standard InChI is InChI=1S/C19H29BrN4O2/c1-23-16(12-19(20)22)10-14-6-8-24(13-14)7-3-9-26-18-11-15(21)4-5-17(18)25-2/h4-5,10-12,14,23H,3,6-9,13,21-22H2,1-2H3/b16-10+,19-12-. The van der Waals surface area contributed by atoms with Crippen LogP contribution in [0, 0.1) is 5.92 Å². The Balaban J connectivity index is 1.75.